The van der Waals surface area contributed by atoms with E-state index < -0.39 is 9.84 Å². The van der Waals surface area contributed by atoms with E-state index in [9.17, 15) is 8.42 Å². The highest BCUT2D eigenvalue weighted by atomic mass is 32.2. The molecule has 5 heteroatoms. The van der Waals surface area contributed by atoms with Gasteiger partial charge >= 0.3 is 0 Å². The van der Waals surface area contributed by atoms with Crippen molar-refractivity contribution in [3.63, 3.8) is 0 Å². The van der Waals surface area contributed by atoms with E-state index in [4.69, 9.17) is 0 Å². The quantitative estimate of drug-likeness (QED) is 0.783. The average Bonchev–Trinajstić information content (AvgIpc) is 2.33. The fraction of sp³-hybridized carbons (Fsp3) is 0.538. The molecule has 0 saturated heterocycles. The second kappa shape index (κ2) is 7.16. The molecular weight excluding hydrogens is 266 g/mol. The van der Waals surface area contributed by atoms with Gasteiger partial charge in [0.15, 0.2) is 0 Å². The molecule has 0 fully saturated rings. The van der Waals surface area contributed by atoms with Crippen LogP contribution in [-0.2, 0) is 9.84 Å². The Morgan fingerprint density at radius 2 is 2.00 bits per heavy atom. The minimum absolute atomic E-state index is 0.105. The molecule has 0 aliphatic carbocycles. The van der Waals surface area contributed by atoms with Crippen molar-refractivity contribution in [2.45, 2.75) is 24.3 Å². The number of hydrogen-bond acceptors (Lipinski definition) is 4. The van der Waals surface area contributed by atoms with Crippen LogP contribution in [0.4, 0.5) is 0 Å². The van der Waals surface area contributed by atoms with Crippen LogP contribution in [0.2, 0.25) is 0 Å². The van der Waals surface area contributed by atoms with E-state index in [0.717, 1.165) is 6.54 Å². The number of thioether (sulfide) groups is 1. The van der Waals surface area contributed by atoms with Crippen LogP contribution < -0.4 is 5.32 Å². The molecule has 102 valence electrons. The summed E-state index contributed by atoms with van der Waals surface area (Å²) in [6, 6.07) is 8.26. The minimum Gasteiger partial charge on any atom is -0.310 e. The molecule has 0 radical (unpaired) electrons. The summed E-state index contributed by atoms with van der Waals surface area (Å²) in [7, 11) is -2.91. The maximum absolute atomic E-state index is 11.3. The molecule has 1 N–H and O–H groups in total. The zero-order valence-electron chi connectivity index (χ0n) is 11.1. The highest BCUT2D eigenvalue weighted by molar-refractivity contribution is 7.98. The molecular formula is C13H21NO2S2. The largest absolute Gasteiger partial charge is 0.310 e. The summed E-state index contributed by atoms with van der Waals surface area (Å²) < 4.78 is 22.6. The Balaban J connectivity index is 2.89. The van der Waals surface area contributed by atoms with Crippen LogP contribution in [0.15, 0.2) is 29.2 Å². The summed E-state index contributed by atoms with van der Waals surface area (Å²) in [5.74, 6) is 0.216. The minimum atomic E-state index is -2.91. The standard InChI is InChI=1S/C13H21NO2S2/c1-4-14-12(9-10-18(3,15)16)11-7-5-6-8-13(11)17-2/h5-8,12,14H,4,9-10H2,1-3H3. The highest BCUT2D eigenvalue weighted by Crippen LogP contribution is 2.27. The predicted molar refractivity (Wildman–Crippen MR) is 79.0 cm³/mol. The monoisotopic (exact) mass is 287 g/mol. The molecule has 0 heterocycles. The van der Waals surface area contributed by atoms with Gasteiger partial charge in [-0.05, 0) is 30.9 Å². The summed E-state index contributed by atoms with van der Waals surface area (Å²) in [5, 5.41) is 3.37. The molecule has 0 aliphatic rings. The molecule has 0 bridgehead atoms. The van der Waals surface area contributed by atoms with Crippen LogP contribution in [-0.4, -0.2) is 33.2 Å². The summed E-state index contributed by atoms with van der Waals surface area (Å²) in [6.07, 6.45) is 3.94. The fourth-order valence-corrected chi connectivity index (χ4v) is 3.22. The number of rotatable bonds is 7. The Morgan fingerprint density at radius 3 is 2.56 bits per heavy atom. The first-order valence-electron chi connectivity index (χ1n) is 6.02. The Kier molecular flexibility index (Phi) is 6.18. The third-order valence-corrected chi connectivity index (χ3v) is 4.53. The summed E-state index contributed by atoms with van der Waals surface area (Å²) in [4.78, 5) is 1.21. The lowest BCUT2D eigenvalue weighted by atomic mass is 10.0. The zero-order valence-corrected chi connectivity index (χ0v) is 12.8. The number of nitrogens with one attached hydrogen (secondary N) is 1. The molecule has 0 saturated carbocycles. The smallest absolute Gasteiger partial charge is 0.147 e. The first-order valence-corrected chi connectivity index (χ1v) is 9.30. The Hall–Kier alpha value is -0.520. The first-order chi connectivity index (χ1) is 8.48. The van der Waals surface area contributed by atoms with E-state index in [-0.39, 0.29) is 11.8 Å². The molecule has 0 aromatic heterocycles. The van der Waals surface area contributed by atoms with E-state index in [1.54, 1.807) is 11.8 Å². The molecule has 1 aromatic carbocycles. The summed E-state index contributed by atoms with van der Waals surface area (Å²) in [6.45, 7) is 2.87. The third-order valence-electron chi connectivity index (χ3n) is 2.74. The van der Waals surface area contributed by atoms with E-state index in [2.05, 4.69) is 17.4 Å². The van der Waals surface area contributed by atoms with Crippen LogP contribution in [0.25, 0.3) is 0 Å². The van der Waals surface area contributed by atoms with Crippen molar-refractivity contribution in [1.29, 1.82) is 0 Å². The summed E-state index contributed by atoms with van der Waals surface area (Å²) >= 11 is 1.69. The van der Waals surface area contributed by atoms with Gasteiger partial charge in [0.05, 0.1) is 5.75 Å². The first kappa shape index (κ1) is 15.5. The van der Waals surface area contributed by atoms with Gasteiger partial charge in [-0.15, -0.1) is 11.8 Å². The maximum atomic E-state index is 11.3. The molecule has 0 amide bonds. The van der Waals surface area contributed by atoms with Crippen molar-refractivity contribution in [2.24, 2.45) is 0 Å². The zero-order chi connectivity index (χ0) is 13.6. The van der Waals surface area contributed by atoms with Crippen molar-refractivity contribution < 1.29 is 8.42 Å². The van der Waals surface area contributed by atoms with Crippen LogP contribution in [0, 0.1) is 0 Å². The third kappa shape index (κ3) is 5.00. The second-order valence-corrected chi connectivity index (χ2v) is 7.38. The van der Waals surface area contributed by atoms with Gasteiger partial charge < -0.3 is 5.32 Å². The Labute approximate surface area is 114 Å². The van der Waals surface area contributed by atoms with Crippen LogP contribution in [0.5, 0.6) is 0 Å². The van der Waals surface area contributed by atoms with Gasteiger partial charge in [0, 0.05) is 17.2 Å². The molecule has 1 atom stereocenters. The van der Waals surface area contributed by atoms with Gasteiger partial charge in [-0.2, -0.15) is 0 Å². The van der Waals surface area contributed by atoms with Gasteiger partial charge in [0.2, 0.25) is 0 Å². The van der Waals surface area contributed by atoms with Crippen molar-refractivity contribution in [2.75, 3.05) is 24.8 Å². The highest BCUT2D eigenvalue weighted by Gasteiger charge is 2.16. The van der Waals surface area contributed by atoms with E-state index in [0.29, 0.717) is 6.42 Å². The van der Waals surface area contributed by atoms with Gasteiger partial charge in [-0.1, -0.05) is 25.1 Å². The molecule has 1 rings (SSSR count). The van der Waals surface area contributed by atoms with Crippen molar-refractivity contribution >= 4 is 21.6 Å². The fourth-order valence-electron chi connectivity index (χ4n) is 1.90. The predicted octanol–water partition coefficient (Wildman–Crippen LogP) is 2.49. The number of hydrogen-bond donors (Lipinski definition) is 1. The lowest BCUT2D eigenvalue weighted by Gasteiger charge is -2.20. The second-order valence-electron chi connectivity index (χ2n) is 4.27. The molecule has 1 unspecified atom stereocenters. The Morgan fingerprint density at radius 1 is 1.33 bits per heavy atom. The van der Waals surface area contributed by atoms with E-state index >= 15 is 0 Å². The van der Waals surface area contributed by atoms with Gasteiger partial charge in [0.25, 0.3) is 0 Å². The van der Waals surface area contributed by atoms with Crippen LogP contribution in [0.3, 0.4) is 0 Å². The SMILES string of the molecule is CCNC(CCS(C)(=O)=O)c1ccccc1SC. The lowest BCUT2D eigenvalue weighted by molar-refractivity contribution is 0.523. The maximum Gasteiger partial charge on any atom is 0.147 e. The van der Waals surface area contributed by atoms with Gasteiger partial charge in [0.1, 0.15) is 9.84 Å². The normalized spacial score (nSPS) is 13.5. The molecule has 3 nitrogen and oxygen atoms in total. The molecule has 0 aliphatic heterocycles. The van der Waals surface area contributed by atoms with Crippen LogP contribution >= 0.6 is 11.8 Å². The lowest BCUT2D eigenvalue weighted by Crippen LogP contribution is -2.24. The number of benzene rings is 1. The molecule has 18 heavy (non-hydrogen) atoms. The van der Waals surface area contributed by atoms with Crippen molar-refractivity contribution in [3.05, 3.63) is 29.8 Å². The van der Waals surface area contributed by atoms with Gasteiger partial charge in [-0.25, -0.2) is 8.42 Å². The Bertz CT molecular complexity index is 472. The average molecular weight is 287 g/mol. The topological polar surface area (TPSA) is 46.2 Å². The molecule has 0 spiro atoms. The van der Waals surface area contributed by atoms with Gasteiger partial charge in [-0.3, -0.25) is 0 Å². The molecule has 1 aromatic rings. The van der Waals surface area contributed by atoms with Crippen molar-refractivity contribution in [3.8, 4) is 0 Å². The summed E-state index contributed by atoms with van der Waals surface area (Å²) in [5.41, 5.74) is 1.19. The van der Waals surface area contributed by atoms with E-state index in [1.807, 2.05) is 25.3 Å². The van der Waals surface area contributed by atoms with E-state index in [1.165, 1.54) is 16.7 Å². The van der Waals surface area contributed by atoms with Crippen LogP contribution in [0.1, 0.15) is 24.9 Å². The number of sulfone groups is 1. The van der Waals surface area contributed by atoms with Crippen molar-refractivity contribution in [1.82, 2.24) is 5.32 Å².